The third-order valence-electron chi connectivity index (χ3n) is 1.87. The molecular formula is C8H2Cl6O7. The van der Waals surface area contributed by atoms with Gasteiger partial charge >= 0.3 is 23.9 Å². The fourth-order valence-electron chi connectivity index (χ4n) is 1.05. The second-order valence-electron chi connectivity index (χ2n) is 3.39. The predicted molar refractivity (Wildman–Crippen MR) is 71.4 cm³/mol. The maximum Gasteiger partial charge on any atom is 0.359 e. The molecule has 1 heterocycles. The number of carbonyl (C=O) groups is 4. The summed E-state index contributed by atoms with van der Waals surface area (Å²) in [5.41, 5.74) is 0. The van der Waals surface area contributed by atoms with E-state index in [0.717, 1.165) is 0 Å². The van der Waals surface area contributed by atoms with Crippen molar-refractivity contribution in [1.82, 2.24) is 0 Å². The number of ether oxygens (including phenoxy) is 3. The monoisotopic (exact) mass is 420 g/mol. The Bertz CT molecular complexity index is 448. The van der Waals surface area contributed by atoms with Gasteiger partial charge in [-0.25, -0.2) is 19.2 Å². The molecule has 1 aliphatic heterocycles. The lowest BCUT2D eigenvalue weighted by Gasteiger charge is -2.19. The molecule has 7 nitrogen and oxygen atoms in total. The first-order valence-corrected chi connectivity index (χ1v) is 6.92. The van der Waals surface area contributed by atoms with Crippen LogP contribution in [-0.4, -0.2) is 43.7 Å². The van der Waals surface area contributed by atoms with Gasteiger partial charge in [0.05, 0.1) is 0 Å². The number of cyclic esters (lactones) is 2. The average molecular weight is 423 g/mol. The standard InChI is InChI=1S/C8H2Cl6O7/c9-7(10,11)5(17)19-1-2(4(16)21-3(1)15)20-6(18)8(12,13)14/h1-2H/t1-,2-/m1/s1. The molecule has 1 fully saturated rings. The summed E-state index contributed by atoms with van der Waals surface area (Å²) in [7, 11) is 0. The van der Waals surface area contributed by atoms with E-state index in [4.69, 9.17) is 69.6 Å². The maximum atomic E-state index is 11.3. The predicted octanol–water partition coefficient (Wildman–Crippen LogP) is 1.63. The molecule has 2 atom stereocenters. The first-order valence-electron chi connectivity index (χ1n) is 4.65. The van der Waals surface area contributed by atoms with Crippen LogP contribution in [0.25, 0.3) is 0 Å². The molecule has 0 aromatic heterocycles. The summed E-state index contributed by atoms with van der Waals surface area (Å²) in [6.45, 7) is 0. The van der Waals surface area contributed by atoms with E-state index >= 15 is 0 Å². The van der Waals surface area contributed by atoms with Crippen LogP contribution >= 0.6 is 69.6 Å². The largest absolute Gasteiger partial charge is 0.442 e. The molecular weight excluding hydrogens is 421 g/mol. The molecule has 0 spiro atoms. The number of carbonyl (C=O) groups excluding carboxylic acids is 4. The highest BCUT2D eigenvalue weighted by Gasteiger charge is 2.53. The molecule has 1 rings (SSSR count). The molecule has 1 saturated heterocycles. The molecule has 118 valence electrons. The van der Waals surface area contributed by atoms with E-state index in [1.807, 2.05) is 0 Å². The van der Waals surface area contributed by atoms with Gasteiger partial charge in [-0.2, -0.15) is 0 Å². The van der Waals surface area contributed by atoms with Crippen molar-refractivity contribution in [2.45, 2.75) is 19.8 Å². The number of alkyl halides is 6. The zero-order valence-corrected chi connectivity index (χ0v) is 13.8. The second-order valence-corrected chi connectivity index (χ2v) is 7.95. The van der Waals surface area contributed by atoms with Gasteiger partial charge in [0.2, 0.25) is 12.2 Å². The van der Waals surface area contributed by atoms with E-state index in [0.29, 0.717) is 0 Å². The van der Waals surface area contributed by atoms with Gasteiger partial charge in [0.15, 0.2) is 0 Å². The van der Waals surface area contributed by atoms with E-state index in [9.17, 15) is 19.2 Å². The molecule has 0 N–H and O–H groups in total. The Kier molecular flexibility index (Phi) is 5.86. The van der Waals surface area contributed by atoms with Crippen LogP contribution in [0.4, 0.5) is 0 Å². The summed E-state index contributed by atoms with van der Waals surface area (Å²) in [5, 5.41) is 0. The summed E-state index contributed by atoms with van der Waals surface area (Å²) in [4.78, 5) is 45.4. The topological polar surface area (TPSA) is 96.0 Å². The highest BCUT2D eigenvalue weighted by atomic mass is 35.6. The molecule has 0 amide bonds. The minimum absolute atomic E-state index is 1.34. The Morgan fingerprint density at radius 3 is 1.33 bits per heavy atom. The van der Waals surface area contributed by atoms with Gasteiger partial charge in [-0.05, 0) is 0 Å². The van der Waals surface area contributed by atoms with Crippen LogP contribution in [0.2, 0.25) is 0 Å². The maximum absolute atomic E-state index is 11.3. The van der Waals surface area contributed by atoms with E-state index in [-0.39, 0.29) is 0 Å². The van der Waals surface area contributed by atoms with Crippen LogP contribution in [0.3, 0.4) is 0 Å². The number of halogens is 6. The smallest absolute Gasteiger partial charge is 0.359 e. The van der Waals surface area contributed by atoms with Crippen LogP contribution in [0.5, 0.6) is 0 Å². The molecule has 0 aromatic carbocycles. The van der Waals surface area contributed by atoms with Crippen LogP contribution in [0.1, 0.15) is 0 Å². The Morgan fingerprint density at radius 1 is 0.810 bits per heavy atom. The zero-order valence-electron chi connectivity index (χ0n) is 9.28. The van der Waals surface area contributed by atoms with Gasteiger partial charge in [-0.15, -0.1) is 0 Å². The number of esters is 4. The van der Waals surface area contributed by atoms with Gasteiger partial charge < -0.3 is 14.2 Å². The van der Waals surface area contributed by atoms with Crippen molar-refractivity contribution in [2.75, 3.05) is 0 Å². The van der Waals surface area contributed by atoms with Crippen molar-refractivity contribution in [2.24, 2.45) is 0 Å². The molecule has 0 unspecified atom stereocenters. The minimum Gasteiger partial charge on any atom is -0.442 e. The van der Waals surface area contributed by atoms with Crippen molar-refractivity contribution >= 4 is 93.5 Å². The Hall–Kier alpha value is -0.180. The number of rotatable bonds is 2. The minimum atomic E-state index is -2.53. The molecule has 0 aromatic rings. The molecule has 1 aliphatic rings. The summed E-state index contributed by atoms with van der Waals surface area (Å²) < 4.78 is 7.95. The van der Waals surface area contributed by atoms with E-state index in [1.54, 1.807) is 0 Å². The number of hydrogen-bond acceptors (Lipinski definition) is 7. The average Bonchev–Trinajstić information content (AvgIpc) is 2.53. The van der Waals surface area contributed by atoms with Gasteiger partial charge in [0.1, 0.15) is 0 Å². The molecule has 13 heteroatoms. The van der Waals surface area contributed by atoms with E-state index < -0.39 is 43.7 Å². The summed E-state index contributed by atoms with van der Waals surface area (Å²) >= 11 is 31.3. The first-order chi connectivity index (χ1) is 9.34. The van der Waals surface area contributed by atoms with E-state index in [1.165, 1.54) is 0 Å². The molecule has 0 aliphatic carbocycles. The summed E-state index contributed by atoms with van der Waals surface area (Å²) in [6, 6.07) is 0. The normalized spacial score (nSPS) is 22.8. The second kappa shape index (κ2) is 6.52. The molecule has 0 saturated carbocycles. The van der Waals surface area contributed by atoms with Crippen LogP contribution < -0.4 is 0 Å². The van der Waals surface area contributed by atoms with Gasteiger partial charge in [-0.1, -0.05) is 69.6 Å². The summed E-state index contributed by atoms with van der Waals surface area (Å²) in [5.74, 6) is -5.69. The van der Waals surface area contributed by atoms with Crippen molar-refractivity contribution in [3.8, 4) is 0 Å². The Morgan fingerprint density at radius 2 is 1.10 bits per heavy atom. The van der Waals surface area contributed by atoms with Gasteiger partial charge in [0.25, 0.3) is 7.59 Å². The highest BCUT2D eigenvalue weighted by Crippen LogP contribution is 2.32. The molecule has 0 radical (unpaired) electrons. The number of hydrogen-bond donors (Lipinski definition) is 0. The van der Waals surface area contributed by atoms with Gasteiger partial charge in [-0.3, -0.25) is 0 Å². The Balaban J connectivity index is 2.90. The van der Waals surface area contributed by atoms with Crippen molar-refractivity contribution < 1.29 is 33.4 Å². The lowest BCUT2D eigenvalue weighted by atomic mass is 10.2. The SMILES string of the molecule is O=C1OC(=O)[C@H](OC(=O)C(Cl)(Cl)Cl)[C@H]1OC(=O)C(Cl)(Cl)Cl. The Labute approximate surface area is 146 Å². The van der Waals surface area contributed by atoms with Crippen molar-refractivity contribution in [3.05, 3.63) is 0 Å². The fourth-order valence-corrected chi connectivity index (χ4v) is 1.31. The third kappa shape index (κ3) is 4.91. The quantitative estimate of drug-likeness (QED) is 0.289. The van der Waals surface area contributed by atoms with Crippen LogP contribution in [0, 0.1) is 0 Å². The summed E-state index contributed by atoms with van der Waals surface area (Å²) in [6.07, 6.45) is -3.98. The fraction of sp³-hybridized carbons (Fsp3) is 0.500. The first kappa shape index (κ1) is 18.9. The zero-order chi connectivity index (χ0) is 16.6. The molecule has 21 heavy (non-hydrogen) atoms. The lowest BCUT2D eigenvalue weighted by molar-refractivity contribution is -0.168. The third-order valence-corrected chi connectivity index (χ3v) is 2.80. The van der Waals surface area contributed by atoms with Crippen molar-refractivity contribution in [3.63, 3.8) is 0 Å². The van der Waals surface area contributed by atoms with Crippen molar-refractivity contribution in [1.29, 1.82) is 0 Å². The van der Waals surface area contributed by atoms with Gasteiger partial charge in [0, 0.05) is 0 Å². The molecule has 0 bridgehead atoms. The van der Waals surface area contributed by atoms with Crippen LogP contribution in [0.15, 0.2) is 0 Å². The highest BCUT2D eigenvalue weighted by molar-refractivity contribution is 6.76. The van der Waals surface area contributed by atoms with Crippen LogP contribution in [-0.2, 0) is 33.4 Å². The van der Waals surface area contributed by atoms with E-state index in [2.05, 4.69) is 14.2 Å². The lowest BCUT2D eigenvalue weighted by Crippen LogP contribution is -2.41.